The number of unbranched alkanes of at least 4 members (excludes halogenated alkanes) is 2. The van der Waals surface area contributed by atoms with Gasteiger partial charge >= 0.3 is 0 Å². The van der Waals surface area contributed by atoms with E-state index in [-0.39, 0.29) is 5.91 Å². The van der Waals surface area contributed by atoms with E-state index in [9.17, 15) is 4.79 Å². The van der Waals surface area contributed by atoms with Crippen molar-refractivity contribution in [3.8, 4) is 5.75 Å². The maximum absolute atomic E-state index is 12.8. The predicted molar refractivity (Wildman–Crippen MR) is 123 cm³/mol. The number of methoxy groups -OCH3 is 1. The summed E-state index contributed by atoms with van der Waals surface area (Å²) in [7, 11) is 1.63. The number of carbonyl (C=O) groups is 1. The van der Waals surface area contributed by atoms with Gasteiger partial charge in [-0.15, -0.1) is 0 Å². The number of ether oxygens (including phenoxy) is 2. The van der Waals surface area contributed by atoms with E-state index in [1.165, 1.54) is 11.3 Å². The summed E-state index contributed by atoms with van der Waals surface area (Å²) in [4.78, 5) is 17.7. The van der Waals surface area contributed by atoms with Gasteiger partial charge in [-0.1, -0.05) is 54.3 Å². The Morgan fingerprint density at radius 3 is 2.60 bits per heavy atom. The second kappa shape index (κ2) is 11.0. The maximum Gasteiger partial charge on any atom is 0.279 e. The summed E-state index contributed by atoms with van der Waals surface area (Å²) < 4.78 is 13.7. The molecule has 0 unspecified atom stereocenters. The number of amides is 1. The van der Waals surface area contributed by atoms with Crippen LogP contribution in [0.25, 0.3) is 10.2 Å². The Morgan fingerprint density at radius 2 is 1.90 bits per heavy atom. The lowest BCUT2D eigenvalue weighted by atomic mass is 10.2. The van der Waals surface area contributed by atoms with Crippen LogP contribution in [-0.4, -0.2) is 30.8 Å². The highest BCUT2D eigenvalue weighted by molar-refractivity contribution is 7.16. The maximum atomic E-state index is 12.8. The van der Waals surface area contributed by atoms with Crippen molar-refractivity contribution in [2.75, 3.05) is 20.3 Å². The van der Waals surface area contributed by atoms with Gasteiger partial charge in [0.15, 0.2) is 4.80 Å². The van der Waals surface area contributed by atoms with Crippen molar-refractivity contribution in [2.24, 2.45) is 4.99 Å². The van der Waals surface area contributed by atoms with Crippen LogP contribution in [0.2, 0.25) is 10.0 Å². The topological polar surface area (TPSA) is 52.8 Å². The highest BCUT2D eigenvalue weighted by Gasteiger charge is 2.13. The fraction of sp³-hybridized carbons (Fsp3) is 0.364. The Balaban J connectivity index is 1.88. The van der Waals surface area contributed by atoms with Gasteiger partial charge in [0.2, 0.25) is 0 Å². The van der Waals surface area contributed by atoms with Crippen molar-refractivity contribution >= 4 is 50.7 Å². The van der Waals surface area contributed by atoms with Gasteiger partial charge in [0, 0.05) is 24.2 Å². The highest BCUT2D eigenvalue weighted by atomic mass is 35.5. The van der Waals surface area contributed by atoms with Gasteiger partial charge in [-0.05, 0) is 42.8 Å². The highest BCUT2D eigenvalue weighted by Crippen LogP contribution is 2.29. The summed E-state index contributed by atoms with van der Waals surface area (Å²) in [6.45, 7) is 3.82. The monoisotopic (exact) mass is 466 g/mol. The van der Waals surface area contributed by atoms with Crippen molar-refractivity contribution < 1.29 is 14.3 Å². The Kier molecular flexibility index (Phi) is 8.33. The lowest BCUT2D eigenvalue weighted by Gasteiger charge is -2.06. The van der Waals surface area contributed by atoms with Crippen LogP contribution in [0.3, 0.4) is 0 Å². The van der Waals surface area contributed by atoms with Gasteiger partial charge in [0.1, 0.15) is 5.75 Å². The summed E-state index contributed by atoms with van der Waals surface area (Å²) in [5, 5.41) is 1.06. The number of benzene rings is 2. The Hall–Kier alpha value is -1.86. The van der Waals surface area contributed by atoms with Crippen molar-refractivity contribution in [2.45, 2.75) is 32.7 Å². The largest absolute Gasteiger partial charge is 0.494 e. The van der Waals surface area contributed by atoms with Gasteiger partial charge in [-0.25, -0.2) is 0 Å². The molecule has 3 rings (SSSR count). The molecule has 5 nitrogen and oxygen atoms in total. The zero-order valence-corrected chi connectivity index (χ0v) is 19.3. The molecule has 1 amide bonds. The number of rotatable bonds is 9. The number of hydrogen-bond donors (Lipinski definition) is 0. The summed E-state index contributed by atoms with van der Waals surface area (Å²) in [5.41, 5.74) is 1.29. The minimum Gasteiger partial charge on any atom is -0.494 e. The van der Waals surface area contributed by atoms with Crippen LogP contribution in [0, 0.1) is 0 Å². The van der Waals surface area contributed by atoms with Crippen molar-refractivity contribution in [3.63, 3.8) is 0 Å². The number of halogens is 2. The van der Waals surface area contributed by atoms with E-state index >= 15 is 0 Å². The third-order valence-corrected chi connectivity index (χ3v) is 6.06. The van der Waals surface area contributed by atoms with Crippen LogP contribution < -0.4 is 9.54 Å². The standard InChI is InChI=1S/C22H24Cl2N2O3S/c1-3-4-5-11-29-17-8-6-15(7-9-17)21(27)25-22-26(10-12-28-2)20-18(24)13-16(23)14-19(20)30-22/h6-9,13-14H,3-5,10-12H2,1-2H3. The molecule has 0 spiro atoms. The first-order valence-electron chi connectivity index (χ1n) is 9.82. The number of nitrogens with zero attached hydrogens (tertiary/aromatic N) is 2. The van der Waals surface area contributed by atoms with Crippen LogP contribution >= 0.6 is 34.5 Å². The first-order chi connectivity index (χ1) is 14.5. The predicted octanol–water partition coefficient (Wildman–Crippen LogP) is 5.97. The third-order valence-electron chi connectivity index (χ3n) is 4.53. The zero-order chi connectivity index (χ0) is 21.5. The van der Waals surface area contributed by atoms with E-state index in [0.717, 1.165) is 35.2 Å². The molecular formula is C22H24Cl2N2O3S. The molecule has 160 valence electrons. The van der Waals surface area contributed by atoms with Crippen LogP contribution in [0.15, 0.2) is 41.4 Å². The van der Waals surface area contributed by atoms with Gasteiger partial charge in [0.05, 0.1) is 28.5 Å². The van der Waals surface area contributed by atoms with E-state index in [1.54, 1.807) is 37.4 Å². The molecular weight excluding hydrogens is 443 g/mol. The van der Waals surface area contributed by atoms with Crippen LogP contribution in [-0.2, 0) is 11.3 Å². The average molecular weight is 467 g/mol. The normalized spacial score (nSPS) is 11.9. The number of hydrogen-bond acceptors (Lipinski definition) is 4. The first-order valence-corrected chi connectivity index (χ1v) is 11.4. The van der Waals surface area contributed by atoms with E-state index in [4.69, 9.17) is 32.7 Å². The summed E-state index contributed by atoms with van der Waals surface area (Å²) in [6, 6.07) is 10.6. The van der Waals surface area contributed by atoms with Crippen molar-refractivity contribution in [1.82, 2.24) is 4.57 Å². The lowest BCUT2D eigenvalue weighted by Crippen LogP contribution is -2.19. The zero-order valence-electron chi connectivity index (χ0n) is 17.0. The molecule has 0 aliphatic heterocycles. The molecule has 0 saturated heterocycles. The van der Waals surface area contributed by atoms with E-state index in [1.807, 2.05) is 10.6 Å². The number of fused-ring (bicyclic) bond motifs is 1. The molecule has 0 saturated carbocycles. The van der Waals surface area contributed by atoms with Crippen molar-refractivity contribution in [3.05, 3.63) is 56.8 Å². The minimum absolute atomic E-state index is 0.326. The SMILES string of the molecule is CCCCCOc1ccc(C(=O)N=c2sc3cc(Cl)cc(Cl)c3n2CCOC)cc1. The summed E-state index contributed by atoms with van der Waals surface area (Å²) >= 11 is 13.9. The molecule has 0 aliphatic carbocycles. The molecule has 0 aliphatic rings. The van der Waals surface area contributed by atoms with Gasteiger partial charge in [-0.2, -0.15) is 4.99 Å². The fourth-order valence-corrected chi connectivity index (χ4v) is 4.83. The number of aromatic nitrogens is 1. The van der Waals surface area contributed by atoms with E-state index in [2.05, 4.69) is 11.9 Å². The number of thiazole rings is 1. The molecule has 30 heavy (non-hydrogen) atoms. The molecule has 1 aromatic heterocycles. The Morgan fingerprint density at radius 1 is 1.13 bits per heavy atom. The second-order valence-electron chi connectivity index (χ2n) is 6.76. The third kappa shape index (κ3) is 5.64. The van der Waals surface area contributed by atoms with Crippen LogP contribution in [0.1, 0.15) is 36.5 Å². The molecule has 3 aromatic rings. The summed E-state index contributed by atoms with van der Waals surface area (Å²) in [5.74, 6) is 0.425. The molecule has 1 heterocycles. The first kappa shape index (κ1) is 22.8. The molecule has 0 atom stereocenters. The Bertz CT molecular complexity index is 1070. The quantitative estimate of drug-likeness (QED) is 0.365. The smallest absolute Gasteiger partial charge is 0.279 e. The molecule has 0 radical (unpaired) electrons. The Labute approximate surface area is 189 Å². The molecule has 8 heteroatoms. The van der Waals surface area contributed by atoms with Gasteiger partial charge in [-0.3, -0.25) is 4.79 Å². The van der Waals surface area contributed by atoms with E-state index < -0.39 is 0 Å². The fourth-order valence-electron chi connectivity index (χ4n) is 2.99. The minimum atomic E-state index is -0.326. The molecule has 0 bridgehead atoms. The number of carbonyl (C=O) groups excluding carboxylic acids is 1. The van der Waals surface area contributed by atoms with Crippen LogP contribution in [0.4, 0.5) is 0 Å². The molecule has 0 fully saturated rings. The average Bonchev–Trinajstić information content (AvgIpc) is 3.07. The van der Waals surface area contributed by atoms with Crippen LogP contribution in [0.5, 0.6) is 5.75 Å². The van der Waals surface area contributed by atoms with Gasteiger partial charge in [0.25, 0.3) is 5.91 Å². The van der Waals surface area contributed by atoms with Gasteiger partial charge < -0.3 is 14.0 Å². The molecule has 2 aromatic carbocycles. The molecule has 0 N–H and O–H groups in total. The van der Waals surface area contributed by atoms with Crippen molar-refractivity contribution in [1.29, 1.82) is 0 Å². The second-order valence-corrected chi connectivity index (χ2v) is 8.61. The lowest BCUT2D eigenvalue weighted by molar-refractivity contribution is 0.0997. The van der Waals surface area contributed by atoms with E-state index in [0.29, 0.717) is 40.2 Å². The summed E-state index contributed by atoms with van der Waals surface area (Å²) in [6.07, 6.45) is 3.31.